The summed E-state index contributed by atoms with van der Waals surface area (Å²) in [4.78, 5) is 10.7. The Kier molecular flexibility index (Phi) is 6.35. The van der Waals surface area contributed by atoms with E-state index in [1.54, 1.807) is 13.8 Å². The molecule has 96 valence electrons. The van der Waals surface area contributed by atoms with Crippen LogP contribution in [0.25, 0.3) is 0 Å². The maximum atomic E-state index is 11.7. The number of carboxylic acid groups (broad SMARTS) is 1. The van der Waals surface area contributed by atoms with Crippen molar-refractivity contribution in [2.24, 2.45) is 0 Å². The summed E-state index contributed by atoms with van der Waals surface area (Å²) >= 11 is 0. The lowest BCUT2D eigenvalue weighted by Gasteiger charge is -2.17. The van der Waals surface area contributed by atoms with Crippen molar-refractivity contribution in [2.45, 2.75) is 38.5 Å². The average molecular weight is 243 g/mol. The van der Waals surface area contributed by atoms with Gasteiger partial charge >= 0.3 is 12.1 Å². The fourth-order valence-electron chi connectivity index (χ4n) is 0.982. The second kappa shape index (κ2) is 6.70. The maximum absolute atomic E-state index is 11.7. The maximum Gasteiger partial charge on any atom is 0.391 e. The zero-order valence-electron chi connectivity index (χ0n) is 9.17. The number of hydrogen-bond acceptors (Lipinski definition) is 3. The number of alkyl halides is 3. The van der Waals surface area contributed by atoms with Crippen molar-refractivity contribution >= 4 is 5.97 Å². The average Bonchev–Trinajstić information content (AvgIpc) is 2.07. The molecule has 2 N–H and O–H groups in total. The second-order valence-electron chi connectivity index (χ2n) is 3.65. The van der Waals surface area contributed by atoms with Crippen molar-refractivity contribution in [2.75, 3.05) is 13.2 Å². The topological polar surface area (TPSA) is 58.6 Å². The molecule has 0 heterocycles. The molecule has 0 aromatic rings. The van der Waals surface area contributed by atoms with Gasteiger partial charge in [-0.15, -0.1) is 0 Å². The van der Waals surface area contributed by atoms with Crippen LogP contribution in [0.5, 0.6) is 0 Å². The molecule has 0 fully saturated rings. The summed E-state index contributed by atoms with van der Waals surface area (Å²) in [5.41, 5.74) is 0. The minimum absolute atomic E-state index is 0.0766. The van der Waals surface area contributed by atoms with E-state index in [0.29, 0.717) is 0 Å². The predicted molar refractivity (Wildman–Crippen MR) is 51.2 cm³/mol. The summed E-state index contributed by atoms with van der Waals surface area (Å²) in [5, 5.41) is 11.4. The molecule has 0 amide bonds. The summed E-state index contributed by atoms with van der Waals surface area (Å²) in [7, 11) is 0. The number of hydrogen-bond donors (Lipinski definition) is 2. The number of nitrogens with one attached hydrogen (secondary N) is 1. The van der Waals surface area contributed by atoms with Gasteiger partial charge in [-0.1, -0.05) is 13.8 Å². The van der Waals surface area contributed by atoms with Crippen LogP contribution in [0, 0.1) is 0 Å². The van der Waals surface area contributed by atoms with Crippen LogP contribution in [-0.4, -0.2) is 42.5 Å². The van der Waals surface area contributed by atoms with Crippen LogP contribution in [-0.2, 0) is 9.53 Å². The number of carbonyl (C=O) groups is 1. The molecule has 0 aromatic carbocycles. The molecule has 16 heavy (non-hydrogen) atoms. The molecule has 1 atom stereocenters. The number of aliphatic carboxylic acids is 1. The zero-order valence-corrected chi connectivity index (χ0v) is 9.17. The van der Waals surface area contributed by atoms with Crippen LogP contribution in [0.1, 0.15) is 20.3 Å². The first-order chi connectivity index (χ1) is 7.22. The molecule has 0 bridgehead atoms. The van der Waals surface area contributed by atoms with E-state index in [4.69, 9.17) is 5.11 Å². The van der Waals surface area contributed by atoms with Crippen molar-refractivity contribution in [1.82, 2.24) is 5.32 Å². The largest absolute Gasteiger partial charge is 0.480 e. The van der Waals surface area contributed by atoms with Gasteiger partial charge in [0.2, 0.25) is 0 Å². The van der Waals surface area contributed by atoms with Gasteiger partial charge in [0.05, 0.1) is 19.6 Å². The van der Waals surface area contributed by atoms with Crippen LogP contribution in [0.3, 0.4) is 0 Å². The van der Waals surface area contributed by atoms with Crippen molar-refractivity contribution < 1.29 is 27.8 Å². The second-order valence-corrected chi connectivity index (χ2v) is 3.65. The SMILES string of the molecule is CC(C)NC(COCCC(F)(F)F)C(=O)O. The minimum atomic E-state index is -4.27. The Morgan fingerprint density at radius 3 is 2.38 bits per heavy atom. The van der Waals surface area contributed by atoms with E-state index in [0.717, 1.165) is 0 Å². The van der Waals surface area contributed by atoms with Crippen molar-refractivity contribution in [3.63, 3.8) is 0 Å². The Morgan fingerprint density at radius 1 is 1.44 bits per heavy atom. The van der Waals surface area contributed by atoms with Gasteiger partial charge in [0.15, 0.2) is 0 Å². The summed E-state index contributed by atoms with van der Waals surface area (Å²) in [5.74, 6) is -1.14. The lowest BCUT2D eigenvalue weighted by molar-refractivity contribution is -0.148. The molecule has 0 radical (unpaired) electrons. The fourth-order valence-corrected chi connectivity index (χ4v) is 0.982. The summed E-state index contributed by atoms with van der Waals surface area (Å²) < 4.78 is 39.9. The molecule has 7 heteroatoms. The van der Waals surface area contributed by atoms with Gasteiger partial charge < -0.3 is 15.2 Å². The first kappa shape index (κ1) is 15.2. The molecule has 0 saturated carbocycles. The van der Waals surface area contributed by atoms with Crippen LogP contribution >= 0.6 is 0 Å². The van der Waals surface area contributed by atoms with Gasteiger partial charge in [-0.2, -0.15) is 13.2 Å². The van der Waals surface area contributed by atoms with Gasteiger partial charge in [0.1, 0.15) is 6.04 Å². The lowest BCUT2D eigenvalue weighted by atomic mass is 10.2. The monoisotopic (exact) mass is 243 g/mol. The quantitative estimate of drug-likeness (QED) is 0.664. The molecular formula is C9H16F3NO3. The third kappa shape index (κ3) is 8.49. The molecular weight excluding hydrogens is 227 g/mol. The van der Waals surface area contributed by atoms with E-state index < -0.39 is 31.2 Å². The van der Waals surface area contributed by atoms with Crippen LogP contribution < -0.4 is 5.32 Å². The van der Waals surface area contributed by atoms with E-state index in [9.17, 15) is 18.0 Å². The van der Waals surface area contributed by atoms with Gasteiger partial charge in [-0.05, 0) is 0 Å². The number of halogens is 3. The molecule has 0 aliphatic carbocycles. The molecule has 0 aliphatic rings. The summed E-state index contributed by atoms with van der Waals surface area (Å²) in [6.07, 6.45) is -5.34. The summed E-state index contributed by atoms with van der Waals surface area (Å²) in [6, 6.07) is -1.06. The number of carboxylic acids is 1. The van der Waals surface area contributed by atoms with Crippen molar-refractivity contribution in [3.05, 3.63) is 0 Å². The van der Waals surface area contributed by atoms with Crippen LogP contribution in [0.15, 0.2) is 0 Å². The Bertz CT molecular complexity index is 219. The molecule has 0 aromatic heterocycles. The van der Waals surface area contributed by atoms with E-state index in [1.165, 1.54) is 0 Å². The standard InChI is InChI=1S/C9H16F3NO3/c1-6(2)13-7(8(14)15)5-16-4-3-9(10,11)12/h6-7,13H,3-5H2,1-2H3,(H,14,15). The predicted octanol–water partition coefficient (Wildman–Crippen LogP) is 1.41. The molecule has 4 nitrogen and oxygen atoms in total. The number of ether oxygens (including phenoxy) is 1. The van der Waals surface area contributed by atoms with Gasteiger partial charge in [-0.25, -0.2) is 0 Å². The zero-order chi connectivity index (χ0) is 12.8. The smallest absolute Gasteiger partial charge is 0.391 e. The van der Waals surface area contributed by atoms with Crippen LogP contribution in [0.2, 0.25) is 0 Å². The van der Waals surface area contributed by atoms with Gasteiger partial charge in [0.25, 0.3) is 0 Å². The van der Waals surface area contributed by atoms with Crippen molar-refractivity contribution in [3.8, 4) is 0 Å². The van der Waals surface area contributed by atoms with Crippen molar-refractivity contribution in [1.29, 1.82) is 0 Å². The van der Waals surface area contributed by atoms with E-state index in [-0.39, 0.29) is 12.6 Å². The first-order valence-electron chi connectivity index (χ1n) is 4.85. The molecule has 0 saturated heterocycles. The molecule has 1 unspecified atom stereocenters. The third-order valence-electron chi connectivity index (χ3n) is 1.65. The minimum Gasteiger partial charge on any atom is -0.480 e. The Labute approximate surface area is 91.8 Å². The van der Waals surface area contributed by atoms with Crippen LogP contribution in [0.4, 0.5) is 13.2 Å². The van der Waals surface area contributed by atoms with E-state index in [2.05, 4.69) is 10.1 Å². The van der Waals surface area contributed by atoms with Gasteiger partial charge in [-0.3, -0.25) is 4.79 Å². The third-order valence-corrected chi connectivity index (χ3v) is 1.65. The first-order valence-corrected chi connectivity index (χ1v) is 4.85. The molecule has 0 aliphatic heterocycles. The highest BCUT2D eigenvalue weighted by Crippen LogP contribution is 2.18. The van der Waals surface area contributed by atoms with Gasteiger partial charge in [0, 0.05) is 6.04 Å². The fraction of sp³-hybridized carbons (Fsp3) is 0.889. The lowest BCUT2D eigenvalue weighted by Crippen LogP contribution is -2.44. The highest BCUT2D eigenvalue weighted by Gasteiger charge is 2.27. The summed E-state index contributed by atoms with van der Waals surface area (Å²) in [6.45, 7) is 2.69. The Morgan fingerprint density at radius 2 is 2.00 bits per heavy atom. The van der Waals surface area contributed by atoms with E-state index in [1.807, 2.05) is 0 Å². The molecule has 0 spiro atoms. The molecule has 0 rings (SSSR count). The Balaban J connectivity index is 3.82. The highest BCUT2D eigenvalue weighted by atomic mass is 19.4. The van der Waals surface area contributed by atoms with E-state index >= 15 is 0 Å². The highest BCUT2D eigenvalue weighted by molar-refractivity contribution is 5.73. The normalized spacial score (nSPS) is 14.1. The number of rotatable bonds is 7. The Hall–Kier alpha value is -0.820.